The van der Waals surface area contributed by atoms with Gasteiger partial charge in [-0.25, -0.2) is 0 Å². The van der Waals surface area contributed by atoms with Gasteiger partial charge in [-0.1, -0.05) is 23.7 Å². The number of nitrogens with zero attached hydrogens (tertiary/aromatic N) is 2. The maximum atomic E-state index is 12.0. The van der Waals surface area contributed by atoms with Gasteiger partial charge in [-0.3, -0.25) is 14.6 Å². The molecule has 24 heavy (non-hydrogen) atoms. The summed E-state index contributed by atoms with van der Waals surface area (Å²) in [5.74, 6) is -0.285. The van der Waals surface area contributed by atoms with Gasteiger partial charge in [0.2, 0.25) is 5.91 Å². The third-order valence-corrected chi connectivity index (χ3v) is 3.70. The average molecular weight is 346 g/mol. The van der Waals surface area contributed by atoms with Crippen molar-refractivity contribution in [1.29, 1.82) is 0 Å². The van der Waals surface area contributed by atoms with Crippen LogP contribution in [0.25, 0.3) is 0 Å². The number of nitrogens with one attached hydrogen (secondary N) is 1. The molecule has 126 valence electrons. The van der Waals surface area contributed by atoms with Crippen molar-refractivity contribution in [3.05, 3.63) is 58.9 Å². The van der Waals surface area contributed by atoms with Crippen LogP contribution in [0.3, 0.4) is 0 Å². The van der Waals surface area contributed by atoms with Crippen LogP contribution in [0.1, 0.15) is 28.9 Å². The average Bonchev–Trinajstić information content (AvgIpc) is 2.56. The van der Waals surface area contributed by atoms with Gasteiger partial charge in [0.15, 0.2) is 0 Å². The van der Waals surface area contributed by atoms with Gasteiger partial charge in [0.05, 0.1) is 0 Å². The minimum Gasteiger partial charge on any atom is -0.343 e. The van der Waals surface area contributed by atoms with Gasteiger partial charge in [-0.2, -0.15) is 0 Å². The van der Waals surface area contributed by atoms with Crippen molar-refractivity contribution in [2.24, 2.45) is 0 Å². The third kappa shape index (κ3) is 5.35. The Morgan fingerprint density at radius 3 is 2.54 bits per heavy atom. The SMILES string of the molecule is CN(C)C(=O)c1cc(NC(=O)CCCc2ccc(Cl)cc2)ccn1. The van der Waals surface area contributed by atoms with Gasteiger partial charge in [0.25, 0.3) is 5.91 Å². The van der Waals surface area contributed by atoms with E-state index in [2.05, 4.69) is 10.3 Å². The molecule has 1 N–H and O–H groups in total. The van der Waals surface area contributed by atoms with Gasteiger partial charge in [0, 0.05) is 37.4 Å². The van der Waals surface area contributed by atoms with Gasteiger partial charge in [0.1, 0.15) is 5.69 Å². The van der Waals surface area contributed by atoms with Crippen LogP contribution in [-0.4, -0.2) is 35.8 Å². The number of carbonyl (C=O) groups excluding carboxylic acids is 2. The number of aryl methyl sites for hydroxylation is 1. The van der Waals surface area contributed by atoms with Crippen molar-refractivity contribution in [2.45, 2.75) is 19.3 Å². The third-order valence-electron chi connectivity index (χ3n) is 3.45. The van der Waals surface area contributed by atoms with Crippen molar-refractivity contribution in [3.63, 3.8) is 0 Å². The Bertz CT molecular complexity index is 714. The van der Waals surface area contributed by atoms with E-state index in [1.807, 2.05) is 24.3 Å². The number of aromatic nitrogens is 1. The molecular weight excluding hydrogens is 326 g/mol. The maximum Gasteiger partial charge on any atom is 0.272 e. The fourth-order valence-electron chi connectivity index (χ4n) is 2.18. The molecule has 0 bridgehead atoms. The molecule has 0 aliphatic carbocycles. The molecule has 0 aliphatic rings. The molecule has 0 spiro atoms. The largest absolute Gasteiger partial charge is 0.343 e. The van der Waals surface area contributed by atoms with Gasteiger partial charge in [-0.15, -0.1) is 0 Å². The lowest BCUT2D eigenvalue weighted by Gasteiger charge is -2.11. The second kappa shape index (κ2) is 8.45. The molecule has 0 unspecified atom stereocenters. The molecule has 1 heterocycles. The smallest absolute Gasteiger partial charge is 0.272 e. The molecule has 2 rings (SSSR count). The minimum atomic E-state index is -0.200. The number of hydrogen-bond donors (Lipinski definition) is 1. The van der Waals surface area contributed by atoms with Crippen LogP contribution in [0.4, 0.5) is 5.69 Å². The molecule has 0 fully saturated rings. The summed E-state index contributed by atoms with van der Waals surface area (Å²) in [5.41, 5.74) is 2.03. The van der Waals surface area contributed by atoms with E-state index in [9.17, 15) is 9.59 Å². The van der Waals surface area contributed by atoms with Crippen LogP contribution in [-0.2, 0) is 11.2 Å². The lowest BCUT2D eigenvalue weighted by molar-refractivity contribution is -0.116. The molecule has 0 aliphatic heterocycles. The topological polar surface area (TPSA) is 62.3 Å². The Labute approximate surface area is 146 Å². The lowest BCUT2D eigenvalue weighted by atomic mass is 10.1. The van der Waals surface area contributed by atoms with Crippen LogP contribution in [0.5, 0.6) is 0 Å². The Morgan fingerprint density at radius 2 is 1.88 bits per heavy atom. The summed E-state index contributed by atoms with van der Waals surface area (Å²) >= 11 is 5.84. The molecule has 1 aromatic heterocycles. The van der Waals surface area contributed by atoms with Gasteiger partial charge >= 0.3 is 0 Å². The van der Waals surface area contributed by atoms with Crippen molar-refractivity contribution >= 4 is 29.1 Å². The maximum absolute atomic E-state index is 12.0. The summed E-state index contributed by atoms with van der Waals surface area (Å²) in [4.78, 5) is 29.4. The minimum absolute atomic E-state index is 0.0848. The van der Waals surface area contributed by atoms with Crippen molar-refractivity contribution < 1.29 is 9.59 Å². The number of anilines is 1. The Kier molecular flexibility index (Phi) is 6.32. The van der Waals surface area contributed by atoms with E-state index in [1.165, 1.54) is 11.1 Å². The first-order valence-electron chi connectivity index (χ1n) is 7.67. The number of carbonyl (C=O) groups is 2. The summed E-state index contributed by atoms with van der Waals surface area (Å²) in [6, 6.07) is 10.9. The zero-order chi connectivity index (χ0) is 17.5. The summed E-state index contributed by atoms with van der Waals surface area (Å²) in [7, 11) is 3.32. The van der Waals surface area contributed by atoms with E-state index >= 15 is 0 Å². The molecule has 0 saturated carbocycles. The first-order chi connectivity index (χ1) is 11.5. The summed E-state index contributed by atoms with van der Waals surface area (Å²) in [5, 5.41) is 3.51. The van der Waals surface area contributed by atoms with E-state index in [0.29, 0.717) is 22.8 Å². The number of amides is 2. The Balaban J connectivity index is 1.85. The molecule has 0 atom stereocenters. The van der Waals surface area contributed by atoms with E-state index in [4.69, 9.17) is 11.6 Å². The highest BCUT2D eigenvalue weighted by Crippen LogP contribution is 2.13. The van der Waals surface area contributed by atoms with Gasteiger partial charge in [-0.05, 0) is 42.7 Å². The number of benzene rings is 1. The van der Waals surface area contributed by atoms with E-state index in [1.54, 1.807) is 26.2 Å². The van der Waals surface area contributed by atoms with E-state index in [0.717, 1.165) is 18.4 Å². The molecule has 1 aromatic carbocycles. The molecule has 2 amide bonds. The molecular formula is C18H20ClN3O2. The normalized spacial score (nSPS) is 10.3. The summed E-state index contributed by atoms with van der Waals surface area (Å²) in [6.07, 6.45) is 3.47. The second-order valence-electron chi connectivity index (χ2n) is 5.66. The van der Waals surface area contributed by atoms with E-state index in [-0.39, 0.29) is 11.8 Å². The number of rotatable bonds is 6. The van der Waals surface area contributed by atoms with Crippen molar-refractivity contribution in [3.8, 4) is 0 Å². The molecule has 6 heteroatoms. The summed E-state index contributed by atoms with van der Waals surface area (Å²) < 4.78 is 0. The Morgan fingerprint density at radius 1 is 1.17 bits per heavy atom. The lowest BCUT2D eigenvalue weighted by Crippen LogP contribution is -2.23. The highest BCUT2D eigenvalue weighted by molar-refractivity contribution is 6.30. The molecule has 5 nitrogen and oxygen atoms in total. The Hall–Kier alpha value is -2.40. The van der Waals surface area contributed by atoms with Crippen LogP contribution in [0.2, 0.25) is 5.02 Å². The van der Waals surface area contributed by atoms with E-state index < -0.39 is 0 Å². The van der Waals surface area contributed by atoms with Crippen molar-refractivity contribution in [1.82, 2.24) is 9.88 Å². The first-order valence-corrected chi connectivity index (χ1v) is 8.05. The van der Waals surface area contributed by atoms with Crippen LogP contribution < -0.4 is 5.32 Å². The van der Waals surface area contributed by atoms with Crippen LogP contribution >= 0.6 is 11.6 Å². The number of hydrogen-bond acceptors (Lipinski definition) is 3. The fraction of sp³-hybridized carbons (Fsp3) is 0.278. The van der Waals surface area contributed by atoms with Crippen LogP contribution in [0, 0.1) is 0 Å². The second-order valence-corrected chi connectivity index (χ2v) is 6.09. The zero-order valence-corrected chi connectivity index (χ0v) is 14.5. The predicted octanol–water partition coefficient (Wildman–Crippen LogP) is 3.40. The van der Waals surface area contributed by atoms with Crippen molar-refractivity contribution in [2.75, 3.05) is 19.4 Å². The summed E-state index contributed by atoms with van der Waals surface area (Å²) in [6.45, 7) is 0. The quantitative estimate of drug-likeness (QED) is 0.872. The first kappa shape index (κ1) is 17.9. The molecule has 2 aromatic rings. The molecule has 0 radical (unpaired) electrons. The number of pyridine rings is 1. The van der Waals surface area contributed by atoms with Crippen LogP contribution in [0.15, 0.2) is 42.6 Å². The monoisotopic (exact) mass is 345 g/mol. The highest BCUT2D eigenvalue weighted by atomic mass is 35.5. The zero-order valence-electron chi connectivity index (χ0n) is 13.8. The van der Waals surface area contributed by atoms with Gasteiger partial charge < -0.3 is 10.2 Å². The standard InChI is InChI=1S/C18H20ClN3O2/c1-22(2)18(24)16-12-15(10-11-20-16)21-17(23)5-3-4-13-6-8-14(19)9-7-13/h6-12H,3-5H2,1-2H3,(H,20,21,23). The fourth-order valence-corrected chi connectivity index (χ4v) is 2.31. The number of halogens is 1. The predicted molar refractivity (Wildman–Crippen MR) is 95.3 cm³/mol. The molecule has 0 saturated heterocycles. The highest BCUT2D eigenvalue weighted by Gasteiger charge is 2.11.